The lowest BCUT2D eigenvalue weighted by Gasteiger charge is -2.32. The van der Waals surface area contributed by atoms with Gasteiger partial charge in [0.05, 0.1) is 11.2 Å². The quantitative estimate of drug-likeness (QED) is 0.670. The van der Waals surface area contributed by atoms with E-state index in [1.807, 2.05) is 27.7 Å². The molecule has 1 amide bonds. The van der Waals surface area contributed by atoms with Crippen LogP contribution in [0.5, 0.6) is 0 Å². The number of rotatable bonds is 4. The molecule has 8 heteroatoms. The van der Waals surface area contributed by atoms with Crippen molar-refractivity contribution >= 4 is 24.4 Å². The van der Waals surface area contributed by atoms with E-state index < -0.39 is 30.0 Å². The van der Waals surface area contributed by atoms with Crippen molar-refractivity contribution in [3.63, 3.8) is 0 Å². The summed E-state index contributed by atoms with van der Waals surface area (Å²) in [6, 6.07) is 0. The van der Waals surface area contributed by atoms with Crippen LogP contribution in [0.1, 0.15) is 70.7 Å². The van der Waals surface area contributed by atoms with Gasteiger partial charge in [-0.05, 0) is 97.0 Å². The molecule has 1 aromatic carbocycles. The largest absolute Gasteiger partial charge is 0.495 e. The van der Waals surface area contributed by atoms with E-state index in [2.05, 4.69) is 57.1 Å². The van der Waals surface area contributed by atoms with Gasteiger partial charge in [-0.25, -0.2) is 4.79 Å². The molecule has 2 heterocycles. The molecule has 0 aliphatic carbocycles. The smallest absolute Gasteiger partial charge is 0.444 e. The van der Waals surface area contributed by atoms with Gasteiger partial charge in [0.2, 0.25) is 0 Å². The average molecular weight is 459 g/mol. The number of ether oxygens (including phenoxy) is 1. The van der Waals surface area contributed by atoms with Crippen LogP contribution in [-0.2, 0) is 20.6 Å². The minimum Gasteiger partial charge on any atom is -0.444 e. The molecule has 0 bridgehead atoms. The lowest BCUT2D eigenvalue weighted by Crippen LogP contribution is -2.44. The highest BCUT2D eigenvalue weighted by molar-refractivity contribution is 6.63. The highest BCUT2D eigenvalue weighted by Gasteiger charge is 2.52. The van der Waals surface area contributed by atoms with Gasteiger partial charge in [0, 0.05) is 38.4 Å². The zero-order chi connectivity index (χ0) is 24.8. The maximum absolute atomic E-state index is 12.7. The topological polar surface area (TPSA) is 72.1 Å². The lowest BCUT2D eigenvalue weighted by atomic mass is 9.70. The zero-order valence-electron chi connectivity index (χ0n) is 22.2. The Bertz CT molecular complexity index is 886. The van der Waals surface area contributed by atoms with E-state index in [9.17, 15) is 4.79 Å². The van der Waals surface area contributed by atoms with Gasteiger partial charge in [0.25, 0.3) is 0 Å². The summed E-state index contributed by atoms with van der Waals surface area (Å²) in [5.41, 5.74) is 4.70. The second kappa shape index (κ2) is 9.21. The van der Waals surface area contributed by atoms with Gasteiger partial charge in [-0.1, -0.05) is 0 Å². The summed E-state index contributed by atoms with van der Waals surface area (Å²) in [4.78, 5) is 15.2. The Balaban J connectivity index is 2.07. The molecule has 0 saturated carbocycles. The molecule has 0 aromatic heterocycles. The van der Waals surface area contributed by atoms with E-state index in [0.717, 1.165) is 60.6 Å². The molecule has 0 atom stereocenters. The second-order valence-electron chi connectivity index (χ2n) is 11.4. The van der Waals surface area contributed by atoms with Gasteiger partial charge >= 0.3 is 13.2 Å². The van der Waals surface area contributed by atoms with Crippen molar-refractivity contribution in [1.29, 1.82) is 0 Å². The van der Waals surface area contributed by atoms with Crippen molar-refractivity contribution in [2.75, 3.05) is 31.5 Å². The number of carbonyl (C=O) groups excluding carboxylic acids is 1. The van der Waals surface area contributed by atoms with Crippen LogP contribution in [-0.4, -0.2) is 61.1 Å². The summed E-state index contributed by atoms with van der Waals surface area (Å²) in [5, 5.41) is 6.46. The van der Waals surface area contributed by atoms with E-state index in [-0.39, 0.29) is 0 Å². The highest BCUT2D eigenvalue weighted by atomic mass is 16.7. The Kier molecular flexibility index (Phi) is 7.26. The molecular formula is C25H42BN3O4. The Morgan fingerprint density at radius 2 is 1.58 bits per heavy atom. The summed E-state index contributed by atoms with van der Waals surface area (Å²) in [7, 11) is -0.503. The lowest BCUT2D eigenvalue weighted by molar-refractivity contribution is 0.00578. The van der Waals surface area contributed by atoms with Crippen molar-refractivity contribution in [3.8, 4) is 0 Å². The molecule has 2 N–H and O–H groups in total. The molecule has 2 fully saturated rings. The third-order valence-electron chi connectivity index (χ3n) is 7.17. The van der Waals surface area contributed by atoms with Crippen LogP contribution in [0, 0.1) is 20.8 Å². The van der Waals surface area contributed by atoms with Crippen molar-refractivity contribution in [2.45, 2.75) is 92.6 Å². The maximum Gasteiger partial charge on any atom is 0.495 e. The van der Waals surface area contributed by atoms with Crippen LogP contribution >= 0.6 is 0 Å². The van der Waals surface area contributed by atoms with Crippen LogP contribution in [0.4, 0.5) is 10.5 Å². The molecule has 0 unspecified atom stereocenters. The number of nitrogens with zero attached hydrogens (tertiary/aromatic N) is 1. The van der Waals surface area contributed by atoms with Gasteiger partial charge in [0.1, 0.15) is 5.60 Å². The second-order valence-corrected chi connectivity index (χ2v) is 11.4. The molecule has 33 heavy (non-hydrogen) atoms. The fourth-order valence-electron chi connectivity index (χ4n) is 4.53. The Morgan fingerprint density at radius 1 is 1.03 bits per heavy atom. The summed E-state index contributed by atoms with van der Waals surface area (Å²) in [5.74, 6) is 0. The Morgan fingerprint density at radius 3 is 2.09 bits per heavy atom. The zero-order valence-corrected chi connectivity index (χ0v) is 22.2. The van der Waals surface area contributed by atoms with Crippen molar-refractivity contribution in [3.05, 3.63) is 22.3 Å². The van der Waals surface area contributed by atoms with Crippen LogP contribution in [0.3, 0.4) is 0 Å². The Labute approximate surface area is 200 Å². The standard InChI is InChI=1S/C25H42BN3O4/c1-16-19(15-29-13-11-27-12-14-29)17(2)21(28-22(30)31-23(4,5)6)18(3)20(16)26-32-24(7,8)25(9,10)33-26/h27H,11-15H2,1-10H3,(H,28,30). The van der Waals surface area contributed by atoms with Crippen LogP contribution < -0.4 is 16.1 Å². The number of carbonyl (C=O) groups is 1. The number of anilines is 1. The third kappa shape index (κ3) is 5.56. The first kappa shape index (κ1) is 26.0. The molecule has 2 aliphatic rings. The van der Waals surface area contributed by atoms with E-state index in [4.69, 9.17) is 14.0 Å². The van der Waals surface area contributed by atoms with Gasteiger partial charge in [-0.15, -0.1) is 0 Å². The number of piperazine rings is 1. The van der Waals surface area contributed by atoms with Gasteiger partial charge in [0.15, 0.2) is 0 Å². The first-order chi connectivity index (χ1) is 15.1. The van der Waals surface area contributed by atoms with Crippen molar-refractivity contribution < 1.29 is 18.8 Å². The van der Waals surface area contributed by atoms with Crippen LogP contribution in [0.2, 0.25) is 0 Å². The third-order valence-corrected chi connectivity index (χ3v) is 7.17. The molecule has 2 saturated heterocycles. The fraction of sp³-hybridized carbons (Fsp3) is 0.720. The summed E-state index contributed by atoms with van der Waals surface area (Å²) in [6.07, 6.45) is -0.453. The van der Waals surface area contributed by atoms with E-state index in [1.54, 1.807) is 0 Å². The maximum atomic E-state index is 12.7. The first-order valence-corrected chi connectivity index (χ1v) is 12.0. The van der Waals surface area contributed by atoms with E-state index in [1.165, 1.54) is 5.56 Å². The highest BCUT2D eigenvalue weighted by Crippen LogP contribution is 2.38. The molecular weight excluding hydrogens is 417 g/mol. The minimum atomic E-state index is -0.575. The summed E-state index contributed by atoms with van der Waals surface area (Å²) in [6.45, 7) is 24.9. The normalized spacial score (nSPS) is 20.7. The molecule has 3 rings (SSSR count). The molecule has 1 aromatic rings. The molecule has 184 valence electrons. The monoisotopic (exact) mass is 459 g/mol. The molecule has 0 radical (unpaired) electrons. The SMILES string of the molecule is Cc1c(CN2CCNCC2)c(C)c(B2OC(C)(C)C(C)(C)O2)c(C)c1NC(=O)OC(C)(C)C. The van der Waals surface area contributed by atoms with Crippen LogP contribution in [0.25, 0.3) is 0 Å². The average Bonchev–Trinajstić information content (AvgIpc) is 2.89. The van der Waals surface area contributed by atoms with E-state index in [0.29, 0.717) is 0 Å². The summed E-state index contributed by atoms with van der Waals surface area (Å²) < 4.78 is 18.5. The molecule has 7 nitrogen and oxygen atoms in total. The number of amides is 1. The van der Waals surface area contributed by atoms with Crippen LogP contribution in [0.15, 0.2) is 0 Å². The fourth-order valence-corrected chi connectivity index (χ4v) is 4.53. The predicted molar refractivity (Wildman–Crippen MR) is 134 cm³/mol. The predicted octanol–water partition coefficient (Wildman–Crippen LogP) is 3.66. The number of benzene rings is 1. The van der Waals surface area contributed by atoms with Gasteiger partial charge in [-0.3, -0.25) is 10.2 Å². The minimum absolute atomic E-state index is 0.446. The molecule has 2 aliphatic heterocycles. The van der Waals surface area contributed by atoms with Crippen molar-refractivity contribution in [2.24, 2.45) is 0 Å². The van der Waals surface area contributed by atoms with Gasteiger partial charge in [-0.2, -0.15) is 0 Å². The number of nitrogens with one attached hydrogen (secondary N) is 2. The molecule has 0 spiro atoms. The van der Waals surface area contributed by atoms with E-state index >= 15 is 0 Å². The Hall–Kier alpha value is -1.61. The van der Waals surface area contributed by atoms with Gasteiger partial charge < -0.3 is 19.4 Å². The number of hydrogen-bond donors (Lipinski definition) is 2. The number of hydrogen-bond acceptors (Lipinski definition) is 6. The first-order valence-electron chi connectivity index (χ1n) is 12.0. The van der Waals surface area contributed by atoms with Crippen molar-refractivity contribution in [1.82, 2.24) is 10.2 Å². The summed E-state index contributed by atoms with van der Waals surface area (Å²) >= 11 is 0.